The molecule has 0 bridgehead atoms. The number of amides is 1. The Hall–Kier alpha value is -1.43. The van der Waals surface area contributed by atoms with Crippen LogP contribution in [0.5, 0.6) is 0 Å². The lowest BCUT2D eigenvalue weighted by molar-refractivity contribution is -0.120. The molecule has 0 aromatic heterocycles. The molecule has 23 heavy (non-hydrogen) atoms. The van der Waals surface area contributed by atoms with Gasteiger partial charge in [-0.1, -0.05) is 18.6 Å². The SMILES string of the molecule is CCOCCOCc1cccc(NC(=O)C2CCCC(N)C2)c1. The van der Waals surface area contributed by atoms with Crippen LogP contribution in [0.1, 0.15) is 38.2 Å². The summed E-state index contributed by atoms with van der Waals surface area (Å²) >= 11 is 0. The highest BCUT2D eigenvalue weighted by Gasteiger charge is 2.25. The Morgan fingerprint density at radius 3 is 2.91 bits per heavy atom. The monoisotopic (exact) mass is 320 g/mol. The third kappa shape index (κ3) is 6.29. The van der Waals surface area contributed by atoms with E-state index < -0.39 is 0 Å². The number of rotatable bonds is 8. The molecule has 0 heterocycles. The highest BCUT2D eigenvalue weighted by Crippen LogP contribution is 2.24. The predicted octanol–water partition coefficient (Wildman–Crippen LogP) is 2.70. The van der Waals surface area contributed by atoms with Crippen molar-refractivity contribution in [3.8, 4) is 0 Å². The number of nitrogens with two attached hydrogens (primary N) is 1. The van der Waals surface area contributed by atoms with Crippen LogP contribution in [0.4, 0.5) is 5.69 Å². The normalized spacial score (nSPS) is 21.1. The molecule has 0 radical (unpaired) electrons. The van der Waals surface area contributed by atoms with Crippen LogP contribution in [0.25, 0.3) is 0 Å². The maximum absolute atomic E-state index is 12.3. The second kappa shape index (κ2) is 9.65. The molecule has 1 saturated carbocycles. The van der Waals surface area contributed by atoms with Crippen molar-refractivity contribution in [3.63, 3.8) is 0 Å². The lowest BCUT2D eigenvalue weighted by Crippen LogP contribution is -2.34. The van der Waals surface area contributed by atoms with Gasteiger partial charge in [0.15, 0.2) is 0 Å². The van der Waals surface area contributed by atoms with Crippen LogP contribution in [-0.4, -0.2) is 31.8 Å². The molecule has 0 spiro atoms. The second-order valence-electron chi connectivity index (χ2n) is 6.06. The third-order valence-corrected chi connectivity index (χ3v) is 4.12. The van der Waals surface area contributed by atoms with E-state index in [0.717, 1.165) is 36.9 Å². The summed E-state index contributed by atoms with van der Waals surface area (Å²) in [7, 11) is 0. The van der Waals surface area contributed by atoms with Crippen molar-refractivity contribution < 1.29 is 14.3 Å². The van der Waals surface area contributed by atoms with Gasteiger partial charge in [-0.3, -0.25) is 4.79 Å². The van der Waals surface area contributed by atoms with Crippen molar-refractivity contribution in [1.82, 2.24) is 0 Å². The van der Waals surface area contributed by atoms with Crippen LogP contribution in [0.2, 0.25) is 0 Å². The van der Waals surface area contributed by atoms with Gasteiger partial charge in [0.2, 0.25) is 5.91 Å². The summed E-state index contributed by atoms with van der Waals surface area (Å²) in [5.74, 6) is 0.111. The maximum Gasteiger partial charge on any atom is 0.227 e. The van der Waals surface area contributed by atoms with Gasteiger partial charge in [-0.15, -0.1) is 0 Å². The van der Waals surface area contributed by atoms with E-state index in [9.17, 15) is 4.79 Å². The standard InChI is InChI=1S/C18H28N2O3/c1-2-22-9-10-23-13-14-5-3-8-17(11-14)20-18(21)15-6-4-7-16(19)12-15/h3,5,8,11,15-16H,2,4,6-7,9-10,12-13,19H2,1H3,(H,20,21). The highest BCUT2D eigenvalue weighted by molar-refractivity contribution is 5.92. The molecular weight excluding hydrogens is 292 g/mol. The largest absolute Gasteiger partial charge is 0.379 e. The maximum atomic E-state index is 12.3. The molecule has 2 atom stereocenters. The van der Waals surface area contributed by atoms with Crippen LogP contribution < -0.4 is 11.1 Å². The molecule has 1 aliphatic carbocycles. The highest BCUT2D eigenvalue weighted by atomic mass is 16.5. The fraction of sp³-hybridized carbons (Fsp3) is 0.611. The van der Waals surface area contributed by atoms with E-state index in [-0.39, 0.29) is 17.9 Å². The minimum absolute atomic E-state index is 0.0323. The summed E-state index contributed by atoms with van der Waals surface area (Å²) in [5, 5.41) is 3.01. The molecule has 1 fully saturated rings. The van der Waals surface area contributed by atoms with Gasteiger partial charge in [-0.05, 0) is 43.9 Å². The molecule has 1 aromatic rings. The van der Waals surface area contributed by atoms with E-state index >= 15 is 0 Å². The number of hydrogen-bond donors (Lipinski definition) is 2. The Morgan fingerprint density at radius 2 is 2.13 bits per heavy atom. The van der Waals surface area contributed by atoms with Gasteiger partial charge in [0.05, 0.1) is 19.8 Å². The van der Waals surface area contributed by atoms with Gasteiger partial charge < -0.3 is 20.5 Å². The zero-order valence-corrected chi connectivity index (χ0v) is 13.9. The number of carbonyl (C=O) groups excluding carboxylic acids is 1. The molecule has 3 N–H and O–H groups in total. The quantitative estimate of drug-likeness (QED) is 0.722. The smallest absolute Gasteiger partial charge is 0.227 e. The van der Waals surface area contributed by atoms with Gasteiger partial charge in [-0.2, -0.15) is 0 Å². The third-order valence-electron chi connectivity index (χ3n) is 4.12. The summed E-state index contributed by atoms with van der Waals surface area (Å²) in [5.41, 5.74) is 7.82. The van der Waals surface area contributed by atoms with Crippen LogP contribution in [0.15, 0.2) is 24.3 Å². The van der Waals surface area contributed by atoms with Gasteiger partial charge in [0.1, 0.15) is 0 Å². The van der Waals surface area contributed by atoms with Crippen molar-refractivity contribution in [2.75, 3.05) is 25.1 Å². The Kier molecular flexibility index (Phi) is 7.52. The van der Waals surface area contributed by atoms with E-state index in [0.29, 0.717) is 26.4 Å². The Bertz CT molecular complexity index is 493. The molecule has 2 unspecified atom stereocenters. The van der Waals surface area contributed by atoms with E-state index in [1.54, 1.807) is 0 Å². The molecule has 1 amide bonds. The molecular formula is C18H28N2O3. The summed E-state index contributed by atoms with van der Waals surface area (Å²) in [6.07, 6.45) is 3.77. The minimum atomic E-state index is 0.0323. The number of hydrogen-bond acceptors (Lipinski definition) is 4. The number of carbonyl (C=O) groups is 1. The number of benzene rings is 1. The van der Waals surface area contributed by atoms with Crippen LogP contribution in [0, 0.1) is 5.92 Å². The van der Waals surface area contributed by atoms with Crippen LogP contribution in [-0.2, 0) is 20.9 Å². The summed E-state index contributed by atoms with van der Waals surface area (Å²) in [6.45, 7) is 4.37. The molecule has 0 saturated heterocycles. The van der Waals surface area contributed by atoms with E-state index in [2.05, 4.69) is 5.32 Å². The average molecular weight is 320 g/mol. The predicted molar refractivity (Wildman–Crippen MR) is 91.2 cm³/mol. The number of nitrogens with one attached hydrogen (secondary N) is 1. The summed E-state index contributed by atoms with van der Waals surface area (Å²) in [6, 6.07) is 7.95. The summed E-state index contributed by atoms with van der Waals surface area (Å²) < 4.78 is 10.8. The lowest BCUT2D eigenvalue weighted by atomic mass is 9.85. The topological polar surface area (TPSA) is 73.6 Å². The molecule has 5 nitrogen and oxygen atoms in total. The first-order valence-electron chi connectivity index (χ1n) is 8.50. The van der Waals surface area contributed by atoms with Gasteiger partial charge >= 0.3 is 0 Å². The Labute approximate surface area is 138 Å². The van der Waals surface area contributed by atoms with Gasteiger partial charge in [0.25, 0.3) is 0 Å². The first-order valence-corrected chi connectivity index (χ1v) is 8.50. The van der Waals surface area contributed by atoms with Gasteiger partial charge in [0, 0.05) is 24.3 Å². The van der Waals surface area contributed by atoms with Gasteiger partial charge in [-0.25, -0.2) is 0 Å². The minimum Gasteiger partial charge on any atom is -0.379 e. The molecule has 128 valence electrons. The van der Waals surface area contributed by atoms with Crippen LogP contribution in [0.3, 0.4) is 0 Å². The Balaban J connectivity index is 1.80. The van der Waals surface area contributed by atoms with E-state index in [1.807, 2.05) is 31.2 Å². The zero-order chi connectivity index (χ0) is 16.5. The fourth-order valence-corrected chi connectivity index (χ4v) is 2.90. The van der Waals surface area contributed by atoms with Crippen molar-refractivity contribution >= 4 is 11.6 Å². The summed E-state index contributed by atoms with van der Waals surface area (Å²) in [4.78, 5) is 12.3. The fourth-order valence-electron chi connectivity index (χ4n) is 2.90. The Morgan fingerprint density at radius 1 is 1.30 bits per heavy atom. The van der Waals surface area contributed by atoms with Crippen molar-refractivity contribution in [2.24, 2.45) is 11.7 Å². The first kappa shape index (κ1) is 17.9. The molecule has 1 aromatic carbocycles. The number of ether oxygens (including phenoxy) is 2. The molecule has 5 heteroatoms. The van der Waals surface area contributed by atoms with Crippen molar-refractivity contribution in [1.29, 1.82) is 0 Å². The average Bonchev–Trinajstić information content (AvgIpc) is 2.55. The van der Waals surface area contributed by atoms with E-state index in [4.69, 9.17) is 15.2 Å². The number of anilines is 1. The second-order valence-corrected chi connectivity index (χ2v) is 6.06. The van der Waals surface area contributed by atoms with Crippen molar-refractivity contribution in [3.05, 3.63) is 29.8 Å². The van der Waals surface area contributed by atoms with Crippen molar-refractivity contribution in [2.45, 2.75) is 45.3 Å². The lowest BCUT2D eigenvalue weighted by Gasteiger charge is -2.25. The van der Waals surface area contributed by atoms with E-state index in [1.165, 1.54) is 0 Å². The molecule has 1 aliphatic rings. The van der Waals surface area contributed by atoms with Crippen LogP contribution >= 0.6 is 0 Å². The zero-order valence-electron chi connectivity index (χ0n) is 13.9. The first-order chi connectivity index (χ1) is 11.2. The molecule has 0 aliphatic heterocycles. The molecule has 2 rings (SSSR count).